The molecule has 0 unspecified atom stereocenters. The standard InChI is InChI=1S/C12H8FNO3/c13-8-1-3-9(4-2-8)17-11-7-14-6-5-10(11)12(15)16/h1-7H,(H,15,16). The lowest BCUT2D eigenvalue weighted by molar-refractivity contribution is 0.0694. The number of ether oxygens (including phenoxy) is 1. The van der Waals surface area contributed by atoms with Crippen LogP contribution >= 0.6 is 0 Å². The van der Waals surface area contributed by atoms with Gasteiger partial charge >= 0.3 is 5.97 Å². The number of rotatable bonds is 3. The largest absolute Gasteiger partial charge is 0.478 e. The zero-order valence-corrected chi connectivity index (χ0v) is 8.63. The minimum Gasteiger partial charge on any atom is -0.478 e. The number of carboxylic acids is 1. The van der Waals surface area contributed by atoms with Crippen molar-refractivity contribution in [2.75, 3.05) is 0 Å². The molecule has 1 heterocycles. The van der Waals surface area contributed by atoms with Crippen molar-refractivity contribution in [3.63, 3.8) is 0 Å². The number of aromatic nitrogens is 1. The fourth-order valence-electron chi connectivity index (χ4n) is 1.27. The predicted octanol–water partition coefficient (Wildman–Crippen LogP) is 2.71. The van der Waals surface area contributed by atoms with Crippen LogP contribution in [0.5, 0.6) is 11.5 Å². The molecule has 1 aromatic heterocycles. The highest BCUT2D eigenvalue weighted by Crippen LogP contribution is 2.24. The Morgan fingerprint density at radius 1 is 1.24 bits per heavy atom. The van der Waals surface area contributed by atoms with E-state index in [1.54, 1.807) is 0 Å². The van der Waals surface area contributed by atoms with Crippen molar-refractivity contribution in [1.82, 2.24) is 4.98 Å². The Labute approximate surface area is 96.3 Å². The van der Waals surface area contributed by atoms with Gasteiger partial charge in [0.15, 0.2) is 5.75 Å². The summed E-state index contributed by atoms with van der Waals surface area (Å²) in [6.07, 6.45) is 2.66. The van der Waals surface area contributed by atoms with Crippen molar-refractivity contribution in [2.45, 2.75) is 0 Å². The van der Waals surface area contributed by atoms with Crippen LogP contribution in [0.3, 0.4) is 0 Å². The molecule has 0 fully saturated rings. The molecule has 0 radical (unpaired) electrons. The van der Waals surface area contributed by atoms with Crippen molar-refractivity contribution >= 4 is 5.97 Å². The van der Waals surface area contributed by atoms with Gasteiger partial charge in [0.25, 0.3) is 0 Å². The Morgan fingerprint density at radius 3 is 2.59 bits per heavy atom. The monoisotopic (exact) mass is 233 g/mol. The number of halogens is 1. The van der Waals surface area contributed by atoms with Gasteiger partial charge in [-0.3, -0.25) is 4.98 Å². The number of carboxylic acid groups (broad SMARTS) is 1. The van der Waals surface area contributed by atoms with E-state index in [2.05, 4.69) is 4.98 Å². The third-order valence-corrected chi connectivity index (χ3v) is 2.06. The molecule has 86 valence electrons. The molecular formula is C12H8FNO3. The molecule has 5 heteroatoms. The van der Waals surface area contributed by atoms with Gasteiger partial charge in [-0.25, -0.2) is 9.18 Å². The molecule has 0 aliphatic carbocycles. The maximum atomic E-state index is 12.7. The molecule has 1 N–H and O–H groups in total. The van der Waals surface area contributed by atoms with Crippen LogP contribution in [0.2, 0.25) is 0 Å². The molecule has 0 aliphatic heterocycles. The Bertz CT molecular complexity index is 540. The van der Waals surface area contributed by atoms with E-state index >= 15 is 0 Å². The minimum absolute atomic E-state index is 0.00400. The Kier molecular flexibility index (Phi) is 3.00. The zero-order valence-electron chi connectivity index (χ0n) is 8.63. The van der Waals surface area contributed by atoms with Gasteiger partial charge in [-0.2, -0.15) is 0 Å². The molecule has 2 aromatic rings. The first-order valence-electron chi connectivity index (χ1n) is 4.77. The second kappa shape index (κ2) is 4.61. The lowest BCUT2D eigenvalue weighted by atomic mass is 10.2. The second-order valence-corrected chi connectivity index (χ2v) is 3.23. The van der Waals surface area contributed by atoms with Crippen molar-refractivity contribution in [3.05, 3.63) is 54.1 Å². The van der Waals surface area contributed by atoms with E-state index < -0.39 is 5.97 Å². The molecule has 0 bridgehead atoms. The number of carbonyl (C=O) groups is 1. The molecule has 4 nitrogen and oxygen atoms in total. The molecule has 0 amide bonds. The topological polar surface area (TPSA) is 59.4 Å². The molecule has 0 saturated carbocycles. The van der Waals surface area contributed by atoms with Crippen LogP contribution < -0.4 is 4.74 Å². The third-order valence-electron chi connectivity index (χ3n) is 2.06. The summed E-state index contributed by atoms with van der Waals surface area (Å²) in [4.78, 5) is 14.7. The summed E-state index contributed by atoms with van der Waals surface area (Å²) >= 11 is 0. The number of pyridine rings is 1. The highest BCUT2D eigenvalue weighted by Gasteiger charge is 2.11. The van der Waals surface area contributed by atoms with Gasteiger partial charge in [0.05, 0.1) is 6.20 Å². The number of nitrogens with zero attached hydrogens (tertiary/aromatic N) is 1. The van der Waals surface area contributed by atoms with Crippen LogP contribution in [-0.2, 0) is 0 Å². The van der Waals surface area contributed by atoms with Crippen molar-refractivity contribution in [2.24, 2.45) is 0 Å². The molecule has 0 atom stereocenters. The SMILES string of the molecule is O=C(O)c1ccncc1Oc1ccc(F)cc1. The first-order valence-corrected chi connectivity index (χ1v) is 4.77. The smallest absolute Gasteiger partial charge is 0.339 e. The zero-order chi connectivity index (χ0) is 12.3. The molecule has 2 rings (SSSR count). The van der Waals surface area contributed by atoms with E-state index in [0.29, 0.717) is 5.75 Å². The summed E-state index contributed by atoms with van der Waals surface area (Å²) in [5.41, 5.74) is 0.00400. The Balaban J connectivity index is 2.30. The summed E-state index contributed by atoms with van der Waals surface area (Å²) in [5.74, 6) is -1.03. The van der Waals surface area contributed by atoms with Crippen LogP contribution in [0, 0.1) is 5.82 Å². The third kappa shape index (κ3) is 2.57. The van der Waals surface area contributed by atoms with E-state index in [0.717, 1.165) is 0 Å². The first kappa shape index (κ1) is 11.1. The highest BCUT2D eigenvalue weighted by atomic mass is 19.1. The Morgan fingerprint density at radius 2 is 1.94 bits per heavy atom. The summed E-state index contributed by atoms with van der Waals surface area (Å²) in [6, 6.07) is 6.61. The fourth-order valence-corrected chi connectivity index (χ4v) is 1.27. The Hall–Kier alpha value is -2.43. The molecular weight excluding hydrogens is 225 g/mol. The van der Waals surface area contributed by atoms with Crippen LogP contribution in [-0.4, -0.2) is 16.1 Å². The quantitative estimate of drug-likeness (QED) is 0.885. The average molecular weight is 233 g/mol. The highest BCUT2D eigenvalue weighted by molar-refractivity contribution is 5.90. The summed E-state index contributed by atoms with van der Waals surface area (Å²) in [7, 11) is 0. The number of hydrogen-bond acceptors (Lipinski definition) is 3. The number of hydrogen-bond donors (Lipinski definition) is 1. The first-order chi connectivity index (χ1) is 8.16. The lowest BCUT2D eigenvalue weighted by Crippen LogP contribution is -2.00. The molecule has 0 spiro atoms. The van der Waals surface area contributed by atoms with Gasteiger partial charge in [-0.15, -0.1) is 0 Å². The summed E-state index contributed by atoms with van der Waals surface area (Å²) in [5, 5.41) is 8.92. The van der Waals surface area contributed by atoms with E-state index in [1.165, 1.54) is 42.7 Å². The van der Waals surface area contributed by atoms with Gasteiger partial charge in [0.1, 0.15) is 17.1 Å². The molecule has 17 heavy (non-hydrogen) atoms. The van der Waals surface area contributed by atoms with Gasteiger partial charge in [-0.05, 0) is 30.3 Å². The average Bonchev–Trinajstić information content (AvgIpc) is 2.32. The number of benzene rings is 1. The van der Waals surface area contributed by atoms with Crippen molar-refractivity contribution in [1.29, 1.82) is 0 Å². The van der Waals surface area contributed by atoms with Gasteiger partial charge in [-0.1, -0.05) is 0 Å². The van der Waals surface area contributed by atoms with Gasteiger partial charge in [0.2, 0.25) is 0 Å². The molecule has 1 aromatic carbocycles. The maximum Gasteiger partial charge on any atom is 0.339 e. The predicted molar refractivity (Wildman–Crippen MR) is 57.7 cm³/mol. The van der Waals surface area contributed by atoms with Crippen molar-refractivity contribution < 1.29 is 19.0 Å². The summed E-state index contributed by atoms with van der Waals surface area (Å²) in [6.45, 7) is 0. The van der Waals surface area contributed by atoms with E-state index in [-0.39, 0.29) is 17.1 Å². The summed E-state index contributed by atoms with van der Waals surface area (Å²) < 4.78 is 18.0. The van der Waals surface area contributed by atoms with E-state index in [9.17, 15) is 9.18 Å². The van der Waals surface area contributed by atoms with Gasteiger partial charge in [0, 0.05) is 6.20 Å². The van der Waals surface area contributed by atoms with Gasteiger partial charge < -0.3 is 9.84 Å². The van der Waals surface area contributed by atoms with Crippen LogP contribution in [0.4, 0.5) is 4.39 Å². The van der Waals surface area contributed by atoms with Crippen LogP contribution in [0.1, 0.15) is 10.4 Å². The number of aromatic carboxylic acids is 1. The minimum atomic E-state index is -1.11. The second-order valence-electron chi connectivity index (χ2n) is 3.23. The maximum absolute atomic E-state index is 12.7. The van der Waals surface area contributed by atoms with Crippen LogP contribution in [0.25, 0.3) is 0 Å². The van der Waals surface area contributed by atoms with Crippen LogP contribution in [0.15, 0.2) is 42.7 Å². The molecule has 0 saturated heterocycles. The van der Waals surface area contributed by atoms with Crippen molar-refractivity contribution in [3.8, 4) is 11.5 Å². The van der Waals surface area contributed by atoms with E-state index in [1.807, 2.05) is 0 Å². The fraction of sp³-hybridized carbons (Fsp3) is 0. The normalized spacial score (nSPS) is 9.94. The van der Waals surface area contributed by atoms with E-state index in [4.69, 9.17) is 9.84 Å². The molecule has 0 aliphatic rings. The lowest BCUT2D eigenvalue weighted by Gasteiger charge is -2.07.